The van der Waals surface area contributed by atoms with Gasteiger partial charge in [0.05, 0.1) is 5.52 Å². The zero-order valence-corrected chi connectivity index (χ0v) is 15.2. The van der Waals surface area contributed by atoms with E-state index < -0.39 is 11.6 Å². The van der Waals surface area contributed by atoms with Crippen molar-refractivity contribution >= 4 is 40.0 Å². The third-order valence-electron chi connectivity index (χ3n) is 4.51. The van der Waals surface area contributed by atoms with Crippen LogP contribution in [0.1, 0.15) is 12.8 Å². The van der Waals surface area contributed by atoms with Gasteiger partial charge < -0.3 is 16.0 Å². The van der Waals surface area contributed by atoms with E-state index in [1.54, 1.807) is 6.07 Å². The minimum absolute atomic E-state index is 0.291. The molecule has 5 nitrogen and oxygen atoms in total. The SMILES string of the molecule is Fc1ccc(Nc2nc(NC3CCNCC3)c3cc(Cl)ccc3n2)cc1F. The molecule has 0 aliphatic carbocycles. The van der Waals surface area contributed by atoms with Crippen LogP contribution >= 0.6 is 11.6 Å². The van der Waals surface area contributed by atoms with Gasteiger partial charge >= 0.3 is 0 Å². The molecule has 1 aromatic heterocycles. The molecular formula is C19H18ClF2N5. The Morgan fingerprint density at radius 2 is 1.81 bits per heavy atom. The molecule has 2 heterocycles. The fraction of sp³-hybridized carbons (Fsp3) is 0.263. The molecule has 0 saturated carbocycles. The van der Waals surface area contributed by atoms with Crippen LogP contribution in [0.4, 0.5) is 26.2 Å². The Morgan fingerprint density at radius 1 is 1.00 bits per heavy atom. The second-order valence-electron chi connectivity index (χ2n) is 6.48. The summed E-state index contributed by atoms with van der Waals surface area (Å²) in [5.41, 5.74) is 1.07. The lowest BCUT2D eigenvalue weighted by molar-refractivity contribution is 0.478. The first kappa shape index (κ1) is 17.9. The fourth-order valence-electron chi connectivity index (χ4n) is 3.13. The summed E-state index contributed by atoms with van der Waals surface area (Å²) in [4.78, 5) is 9.02. The van der Waals surface area contributed by atoms with Crippen molar-refractivity contribution in [3.05, 3.63) is 53.1 Å². The number of nitrogens with zero attached hydrogens (tertiary/aromatic N) is 2. The number of fused-ring (bicyclic) bond motifs is 1. The van der Waals surface area contributed by atoms with Crippen LogP contribution in [0.5, 0.6) is 0 Å². The molecule has 4 rings (SSSR count). The Bertz CT molecular complexity index is 976. The predicted molar refractivity (Wildman–Crippen MR) is 104 cm³/mol. The predicted octanol–water partition coefficient (Wildman–Crippen LogP) is 4.47. The van der Waals surface area contributed by atoms with Crippen LogP contribution in [0, 0.1) is 11.6 Å². The van der Waals surface area contributed by atoms with E-state index in [9.17, 15) is 8.78 Å². The van der Waals surface area contributed by atoms with Gasteiger partial charge in [0.1, 0.15) is 5.82 Å². The lowest BCUT2D eigenvalue weighted by Crippen LogP contribution is -2.35. The number of anilines is 3. The van der Waals surface area contributed by atoms with Gasteiger partial charge in [0.15, 0.2) is 11.6 Å². The van der Waals surface area contributed by atoms with Gasteiger partial charge in [-0.1, -0.05) is 11.6 Å². The average molecular weight is 390 g/mol. The zero-order valence-electron chi connectivity index (χ0n) is 14.4. The van der Waals surface area contributed by atoms with Crippen LogP contribution in [0.2, 0.25) is 5.02 Å². The summed E-state index contributed by atoms with van der Waals surface area (Å²) in [6, 6.07) is 9.25. The molecular weight excluding hydrogens is 372 g/mol. The molecule has 3 aromatic rings. The molecule has 1 saturated heterocycles. The Morgan fingerprint density at radius 3 is 2.59 bits per heavy atom. The van der Waals surface area contributed by atoms with Crippen molar-refractivity contribution < 1.29 is 8.78 Å². The van der Waals surface area contributed by atoms with Crippen LogP contribution in [0.3, 0.4) is 0 Å². The molecule has 0 unspecified atom stereocenters. The van der Waals surface area contributed by atoms with E-state index in [0.29, 0.717) is 34.0 Å². The van der Waals surface area contributed by atoms with Gasteiger partial charge in [0.2, 0.25) is 5.95 Å². The van der Waals surface area contributed by atoms with Crippen LogP contribution in [0.15, 0.2) is 36.4 Å². The van der Waals surface area contributed by atoms with Crippen molar-refractivity contribution in [1.82, 2.24) is 15.3 Å². The molecule has 27 heavy (non-hydrogen) atoms. The highest BCUT2D eigenvalue weighted by Gasteiger charge is 2.16. The molecule has 140 valence electrons. The largest absolute Gasteiger partial charge is 0.367 e. The Labute approximate surface area is 160 Å². The quantitative estimate of drug-likeness (QED) is 0.614. The normalized spacial score (nSPS) is 15.1. The number of halogens is 3. The molecule has 8 heteroatoms. The third kappa shape index (κ3) is 4.09. The van der Waals surface area contributed by atoms with E-state index in [1.807, 2.05) is 12.1 Å². The van der Waals surface area contributed by atoms with Crippen LogP contribution in [-0.4, -0.2) is 29.1 Å². The van der Waals surface area contributed by atoms with Gasteiger partial charge in [-0.3, -0.25) is 0 Å². The maximum atomic E-state index is 13.5. The Hall–Kier alpha value is -2.51. The number of piperidine rings is 1. The first-order valence-electron chi connectivity index (χ1n) is 8.75. The number of aromatic nitrogens is 2. The number of hydrogen-bond acceptors (Lipinski definition) is 5. The molecule has 1 aliphatic rings. The molecule has 0 bridgehead atoms. The van der Waals surface area contributed by atoms with Gasteiger partial charge in [-0.15, -0.1) is 0 Å². The van der Waals surface area contributed by atoms with Crippen molar-refractivity contribution in [2.75, 3.05) is 23.7 Å². The van der Waals surface area contributed by atoms with E-state index in [-0.39, 0.29) is 0 Å². The highest BCUT2D eigenvalue weighted by molar-refractivity contribution is 6.31. The second kappa shape index (κ2) is 7.62. The van der Waals surface area contributed by atoms with Crippen molar-refractivity contribution in [2.45, 2.75) is 18.9 Å². The summed E-state index contributed by atoms with van der Waals surface area (Å²) in [6.45, 7) is 1.89. The maximum Gasteiger partial charge on any atom is 0.229 e. The van der Waals surface area contributed by atoms with Crippen molar-refractivity contribution in [3.8, 4) is 0 Å². The minimum atomic E-state index is -0.930. The average Bonchev–Trinajstić information content (AvgIpc) is 2.66. The molecule has 0 spiro atoms. The first-order valence-corrected chi connectivity index (χ1v) is 9.13. The second-order valence-corrected chi connectivity index (χ2v) is 6.92. The summed E-state index contributed by atoms with van der Waals surface area (Å²) >= 11 is 6.15. The zero-order chi connectivity index (χ0) is 18.8. The topological polar surface area (TPSA) is 61.9 Å². The van der Waals surface area contributed by atoms with E-state index in [1.165, 1.54) is 6.07 Å². The first-order chi connectivity index (χ1) is 13.1. The smallest absolute Gasteiger partial charge is 0.229 e. The molecule has 3 N–H and O–H groups in total. The lowest BCUT2D eigenvalue weighted by Gasteiger charge is -2.25. The summed E-state index contributed by atoms with van der Waals surface area (Å²) in [7, 11) is 0. The van der Waals surface area contributed by atoms with Crippen LogP contribution in [0.25, 0.3) is 10.9 Å². The third-order valence-corrected chi connectivity index (χ3v) is 4.75. The number of benzene rings is 2. The van der Waals surface area contributed by atoms with Crippen LogP contribution < -0.4 is 16.0 Å². The summed E-state index contributed by atoms with van der Waals surface area (Å²) < 4.78 is 26.6. The number of nitrogens with one attached hydrogen (secondary N) is 3. The van der Waals surface area contributed by atoms with Gasteiger partial charge in [0.25, 0.3) is 0 Å². The number of hydrogen-bond donors (Lipinski definition) is 3. The Kier molecular flexibility index (Phi) is 5.05. The van der Waals surface area contributed by atoms with Crippen molar-refractivity contribution in [3.63, 3.8) is 0 Å². The maximum absolute atomic E-state index is 13.5. The van der Waals surface area contributed by atoms with Crippen LogP contribution in [-0.2, 0) is 0 Å². The standard InChI is InChI=1S/C19H18ClF2N5/c20-11-1-4-17-14(9-11)18(24-12-5-7-23-8-6-12)27-19(26-17)25-13-2-3-15(21)16(22)10-13/h1-4,9-10,12,23H,5-8H2,(H2,24,25,26,27). The van der Waals surface area contributed by atoms with Gasteiger partial charge in [-0.25, -0.2) is 13.8 Å². The van der Waals surface area contributed by atoms with Gasteiger partial charge in [0, 0.05) is 28.2 Å². The Balaban J connectivity index is 1.70. The van der Waals surface area contributed by atoms with Gasteiger partial charge in [-0.2, -0.15) is 4.98 Å². The summed E-state index contributed by atoms with van der Waals surface area (Å²) in [5.74, 6) is -0.866. The molecule has 1 aliphatic heterocycles. The highest BCUT2D eigenvalue weighted by Crippen LogP contribution is 2.28. The number of rotatable bonds is 4. The molecule has 0 radical (unpaired) electrons. The monoisotopic (exact) mass is 389 g/mol. The molecule has 0 atom stereocenters. The van der Waals surface area contributed by atoms with E-state index in [0.717, 1.165) is 43.5 Å². The van der Waals surface area contributed by atoms with E-state index in [4.69, 9.17) is 11.6 Å². The molecule has 1 fully saturated rings. The minimum Gasteiger partial charge on any atom is -0.367 e. The van der Waals surface area contributed by atoms with Gasteiger partial charge in [-0.05, 0) is 56.3 Å². The molecule has 0 amide bonds. The highest BCUT2D eigenvalue weighted by atomic mass is 35.5. The summed E-state index contributed by atoms with van der Waals surface area (Å²) in [5, 5.41) is 11.2. The van der Waals surface area contributed by atoms with E-state index in [2.05, 4.69) is 25.9 Å². The van der Waals surface area contributed by atoms with Crippen molar-refractivity contribution in [2.24, 2.45) is 0 Å². The fourth-order valence-corrected chi connectivity index (χ4v) is 3.30. The molecule has 2 aromatic carbocycles. The van der Waals surface area contributed by atoms with E-state index >= 15 is 0 Å². The lowest BCUT2D eigenvalue weighted by atomic mass is 10.1. The summed E-state index contributed by atoms with van der Waals surface area (Å²) in [6.07, 6.45) is 1.97. The van der Waals surface area contributed by atoms with Crippen molar-refractivity contribution in [1.29, 1.82) is 0 Å².